The van der Waals surface area contributed by atoms with Crippen LogP contribution < -0.4 is 4.74 Å². The number of aryl methyl sites for hydroxylation is 1. The Morgan fingerprint density at radius 1 is 1.37 bits per heavy atom. The summed E-state index contributed by atoms with van der Waals surface area (Å²) in [6, 6.07) is 0. The highest BCUT2D eigenvalue weighted by Crippen LogP contribution is 2.38. The van der Waals surface area contributed by atoms with Crippen molar-refractivity contribution in [2.24, 2.45) is 0 Å². The lowest BCUT2D eigenvalue weighted by Crippen LogP contribution is -2.36. The summed E-state index contributed by atoms with van der Waals surface area (Å²) >= 11 is 0. The number of esters is 1. The van der Waals surface area contributed by atoms with Crippen molar-refractivity contribution in [3.63, 3.8) is 0 Å². The number of aromatic nitrogens is 1. The van der Waals surface area contributed by atoms with E-state index in [1.165, 1.54) is 0 Å². The molecule has 0 fully saturated rings. The summed E-state index contributed by atoms with van der Waals surface area (Å²) in [5, 5.41) is 8.77. The summed E-state index contributed by atoms with van der Waals surface area (Å²) < 4.78 is 17.3. The Morgan fingerprint density at radius 2 is 2.07 bits per heavy atom. The Morgan fingerprint density at radius 3 is 2.70 bits per heavy atom. The molecule has 0 radical (unpaired) electrons. The number of hydrogen-bond donors (Lipinski definition) is 1. The molecule has 2 heterocycles. The van der Waals surface area contributed by atoms with Gasteiger partial charge in [-0.3, -0.25) is 14.6 Å². The van der Waals surface area contributed by atoms with Gasteiger partial charge in [0.1, 0.15) is 11.9 Å². The molecule has 1 aromatic heterocycles. The molecular formula is C19H28N2O6. The predicted octanol–water partition coefficient (Wildman–Crippen LogP) is 2.44. The zero-order chi connectivity index (χ0) is 20.2. The minimum Gasteiger partial charge on any atom is -0.481 e. The molecule has 0 saturated heterocycles. The molecule has 1 aromatic rings. The molecule has 2 rings (SSSR count). The van der Waals surface area contributed by atoms with Crippen LogP contribution in [0.2, 0.25) is 0 Å². The minimum absolute atomic E-state index is 0.171. The first-order valence-electron chi connectivity index (χ1n) is 8.96. The quantitative estimate of drug-likeness (QED) is 0.687. The van der Waals surface area contributed by atoms with Gasteiger partial charge in [-0.2, -0.15) is 0 Å². The summed E-state index contributed by atoms with van der Waals surface area (Å²) in [5.74, 6) is -1.68. The number of hydrogen-bond acceptors (Lipinski definition) is 7. The maximum Gasteiger partial charge on any atom is 0.306 e. The van der Waals surface area contributed by atoms with Crippen LogP contribution in [0.4, 0.5) is 0 Å². The standard InChI is InChI=1S/C19H28N2O6/c1-12-18-14(11-25-19(2,3)27-18)13(10-20-12)15(8-9-21(4)5)26-17(24)7-6-16(22)23/h10,15H,6-9,11H2,1-5H3,(H,22,23). The number of carboxylic acid groups (broad SMARTS) is 1. The SMILES string of the molecule is Cc1ncc(C(CCN(C)C)OC(=O)CCC(=O)O)c2c1OC(C)(C)OC2. The molecule has 27 heavy (non-hydrogen) atoms. The van der Waals surface area contributed by atoms with Crippen LogP contribution in [0, 0.1) is 6.92 Å². The largest absolute Gasteiger partial charge is 0.481 e. The van der Waals surface area contributed by atoms with E-state index >= 15 is 0 Å². The van der Waals surface area contributed by atoms with Gasteiger partial charge in [-0.1, -0.05) is 0 Å². The van der Waals surface area contributed by atoms with Gasteiger partial charge in [0.05, 0.1) is 25.1 Å². The highest BCUT2D eigenvalue weighted by atomic mass is 16.7. The van der Waals surface area contributed by atoms with Crippen molar-refractivity contribution in [1.82, 2.24) is 9.88 Å². The summed E-state index contributed by atoms with van der Waals surface area (Å²) in [6.07, 6.45) is 1.25. The molecule has 0 amide bonds. The average molecular weight is 380 g/mol. The first-order valence-corrected chi connectivity index (χ1v) is 8.96. The van der Waals surface area contributed by atoms with Crippen molar-refractivity contribution < 1.29 is 28.9 Å². The Labute approximate surface area is 159 Å². The van der Waals surface area contributed by atoms with Gasteiger partial charge in [0.15, 0.2) is 0 Å². The van der Waals surface area contributed by atoms with Crippen LogP contribution in [-0.2, 0) is 25.7 Å². The van der Waals surface area contributed by atoms with E-state index in [4.69, 9.17) is 19.3 Å². The number of aliphatic carboxylic acids is 1. The molecule has 1 N–H and O–H groups in total. The van der Waals surface area contributed by atoms with E-state index in [1.807, 2.05) is 39.8 Å². The Bertz CT molecular complexity index is 702. The summed E-state index contributed by atoms with van der Waals surface area (Å²) in [5.41, 5.74) is 2.29. The Kier molecular flexibility index (Phi) is 6.78. The molecule has 0 saturated carbocycles. The molecular weight excluding hydrogens is 352 g/mol. The third kappa shape index (κ3) is 5.90. The van der Waals surface area contributed by atoms with Crippen LogP contribution in [-0.4, -0.2) is 53.4 Å². The first-order chi connectivity index (χ1) is 12.6. The smallest absolute Gasteiger partial charge is 0.306 e. The number of fused-ring (bicyclic) bond motifs is 1. The average Bonchev–Trinajstić information content (AvgIpc) is 2.57. The first kappa shape index (κ1) is 21.1. The number of pyridine rings is 1. The number of carbonyl (C=O) groups excluding carboxylic acids is 1. The van der Waals surface area contributed by atoms with Crippen molar-refractivity contribution in [1.29, 1.82) is 0 Å². The number of nitrogens with zero attached hydrogens (tertiary/aromatic N) is 2. The summed E-state index contributed by atoms with van der Waals surface area (Å²) in [6.45, 7) is 6.53. The highest BCUT2D eigenvalue weighted by Gasteiger charge is 2.33. The van der Waals surface area contributed by atoms with Crippen molar-refractivity contribution >= 4 is 11.9 Å². The lowest BCUT2D eigenvalue weighted by Gasteiger charge is -2.35. The van der Waals surface area contributed by atoms with Crippen LogP contribution in [0.25, 0.3) is 0 Å². The van der Waals surface area contributed by atoms with Gasteiger partial charge in [0, 0.05) is 44.1 Å². The van der Waals surface area contributed by atoms with Gasteiger partial charge in [-0.25, -0.2) is 0 Å². The van der Waals surface area contributed by atoms with Gasteiger partial charge in [0.2, 0.25) is 5.79 Å². The van der Waals surface area contributed by atoms with Crippen molar-refractivity contribution in [3.05, 3.63) is 23.0 Å². The second-order valence-corrected chi connectivity index (χ2v) is 7.36. The van der Waals surface area contributed by atoms with Crippen LogP contribution in [0.5, 0.6) is 5.75 Å². The van der Waals surface area contributed by atoms with Crippen molar-refractivity contribution in [2.75, 3.05) is 20.6 Å². The third-order valence-corrected chi connectivity index (χ3v) is 4.26. The zero-order valence-electron chi connectivity index (χ0n) is 16.6. The van der Waals surface area contributed by atoms with Crippen LogP contribution in [0.15, 0.2) is 6.20 Å². The molecule has 0 spiro atoms. The fraction of sp³-hybridized carbons (Fsp3) is 0.632. The molecule has 150 valence electrons. The van der Waals surface area contributed by atoms with Gasteiger partial charge >= 0.3 is 11.9 Å². The zero-order valence-corrected chi connectivity index (χ0v) is 16.6. The summed E-state index contributed by atoms with van der Waals surface area (Å²) in [7, 11) is 3.86. The van der Waals surface area contributed by atoms with E-state index in [2.05, 4.69) is 4.98 Å². The second kappa shape index (κ2) is 8.67. The fourth-order valence-electron chi connectivity index (χ4n) is 2.82. The maximum atomic E-state index is 12.1. The van der Waals surface area contributed by atoms with Gasteiger partial charge < -0.3 is 24.2 Å². The molecule has 1 atom stereocenters. The maximum absolute atomic E-state index is 12.1. The molecule has 8 heteroatoms. The van der Waals surface area contributed by atoms with Gasteiger partial charge in [-0.15, -0.1) is 0 Å². The van der Waals surface area contributed by atoms with E-state index < -0.39 is 23.8 Å². The minimum atomic E-state index is -1.03. The van der Waals surface area contributed by atoms with E-state index in [0.29, 0.717) is 25.3 Å². The lowest BCUT2D eigenvalue weighted by molar-refractivity contribution is -0.181. The monoisotopic (exact) mass is 380 g/mol. The molecule has 8 nitrogen and oxygen atoms in total. The van der Waals surface area contributed by atoms with Crippen molar-refractivity contribution in [3.8, 4) is 5.75 Å². The van der Waals surface area contributed by atoms with Gasteiger partial charge in [0.25, 0.3) is 0 Å². The molecule has 1 aliphatic rings. The number of rotatable bonds is 8. The third-order valence-electron chi connectivity index (χ3n) is 4.26. The highest BCUT2D eigenvalue weighted by molar-refractivity contribution is 5.76. The van der Waals surface area contributed by atoms with E-state index in [0.717, 1.165) is 16.8 Å². The van der Waals surface area contributed by atoms with E-state index in [-0.39, 0.29) is 12.8 Å². The number of carbonyl (C=O) groups is 2. The van der Waals surface area contributed by atoms with E-state index in [1.54, 1.807) is 6.20 Å². The second-order valence-electron chi connectivity index (χ2n) is 7.36. The molecule has 0 bridgehead atoms. The molecule has 1 unspecified atom stereocenters. The van der Waals surface area contributed by atoms with Crippen LogP contribution in [0.1, 0.15) is 56.0 Å². The molecule has 0 aromatic carbocycles. The Balaban J connectivity index is 2.29. The predicted molar refractivity (Wildman–Crippen MR) is 97.3 cm³/mol. The molecule has 1 aliphatic heterocycles. The van der Waals surface area contributed by atoms with Crippen LogP contribution in [0.3, 0.4) is 0 Å². The van der Waals surface area contributed by atoms with E-state index in [9.17, 15) is 9.59 Å². The fourth-order valence-corrected chi connectivity index (χ4v) is 2.82. The lowest BCUT2D eigenvalue weighted by atomic mass is 9.99. The van der Waals surface area contributed by atoms with Crippen molar-refractivity contribution in [2.45, 2.75) is 58.5 Å². The van der Waals surface area contributed by atoms with Gasteiger partial charge in [-0.05, 0) is 21.0 Å². The van der Waals surface area contributed by atoms with Crippen LogP contribution >= 0.6 is 0 Å². The Hall–Kier alpha value is -2.19. The molecule has 0 aliphatic carbocycles. The number of carboxylic acids is 1. The normalized spacial score (nSPS) is 16.4. The topological polar surface area (TPSA) is 98.2 Å². The number of ether oxygens (including phenoxy) is 3. The summed E-state index contributed by atoms with van der Waals surface area (Å²) in [4.78, 5) is 29.2.